The lowest BCUT2D eigenvalue weighted by Gasteiger charge is -2.13. The summed E-state index contributed by atoms with van der Waals surface area (Å²) in [5.74, 6) is 1.17. The van der Waals surface area contributed by atoms with E-state index in [-0.39, 0.29) is 0 Å². The average molecular weight is 335 g/mol. The highest BCUT2D eigenvalue weighted by Gasteiger charge is 2.11. The number of carbonyl (C=O) groups excluding carboxylic acids is 1. The van der Waals surface area contributed by atoms with Gasteiger partial charge in [-0.05, 0) is 33.6 Å². The lowest BCUT2D eigenvalue weighted by Crippen LogP contribution is -2.03. The molecule has 0 N–H and O–H groups in total. The van der Waals surface area contributed by atoms with Gasteiger partial charge in [-0.2, -0.15) is 0 Å². The lowest BCUT2D eigenvalue weighted by molar-refractivity contribution is 0.112. The number of hydrogen-bond donors (Lipinski definition) is 0. The molecule has 4 heteroatoms. The van der Waals surface area contributed by atoms with E-state index in [2.05, 4.69) is 28.1 Å². The second kappa shape index (κ2) is 7.10. The molecule has 0 radical (unpaired) electrons. The highest BCUT2D eigenvalue weighted by Crippen LogP contribution is 2.36. The molecule has 2 aromatic rings. The van der Waals surface area contributed by atoms with E-state index in [1.54, 1.807) is 19.2 Å². The van der Waals surface area contributed by atoms with E-state index in [0.29, 0.717) is 28.1 Å². The van der Waals surface area contributed by atoms with Gasteiger partial charge in [0.1, 0.15) is 6.29 Å². The van der Waals surface area contributed by atoms with E-state index in [4.69, 9.17) is 9.47 Å². The van der Waals surface area contributed by atoms with Crippen LogP contribution in [0.25, 0.3) is 0 Å². The first-order valence-corrected chi connectivity index (χ1v) is 7.03. The third-order valence-electron chi connectivity index (χ3n) is 2.87. The van der Waals surface area contributed by atoms with Crippen LogP contribution in [0.1, 0.15) is 15.9 Å². The van der Waals surface area contributed by atoms with Gasteiger partial charge in [0.25, 0.3) is 0 Å². The summed E-state index contributed by atoms with van der Waals surface area (Å²) < 4.78 is 11.7. The largest absolute Gasteiger partial charge is 0.493 e. The first-order valence-electron chi connectivity index (χ1n) is 6.24. The fourth-order valence-corrected chi connectivity index (χ4v) is 2.44. The molecule has 0 spiro atoms. The maximum absolute atomic E-state index is 10.8. The maximum Gasteiger partial charge on any atom is 0.175 e. The van der Waals surface area contributed by atoms with Crippen LogP contribution in [0.4, 0.5) is 0 Å². The van der Waals surface area contributed by atoms with Crippen LogP contribution in [0, 0.1) is 0 Å². The van der Waals surface area contributed by atoms with Gasteiger partial charge in [0.2, 0.25) is 0 Å². The van der Waals surface area contributed by atoms with Crippen molar-refractivity contribution < 1.29 is 14.3 Å². The number of benzene rings is 2. The minimum Gasteiger partial charge on any atom is -0.493 e. The summed E-state index contributed by atoms with van der Waals surface area (Å²) in [5, 5.41) is 0. The number of halogens is 1. The molecule has 0 heterocycles. The van der Waals surface area contributed by atoms with E-state index >= 15 is 0 Å². The molecule has 2 rings (SSSR count). The fraction of sp³-hybridized carbons (Fsp3) is 0.188. The molecule has 0 aliphatic rings. The van der Waals surface area contributed by atoms with E-state index in [0.717, 1.165) is 12.7 Å². The van der Waals surface area contributed by atoms with Crippen molar-refractivity contribution in [1.29, 1.82) is 0 Å². The molecule has 104 valence electrons. The van der Waals surface area contributed by atoms with Crippen LogP contribution in [-0.2, 0) is 6.42 Å². The summed E-state index contributed by atoms with van der Waals surface area (Å²) in [6, 6.07) is 13.5. The summed E-state index contributed by atoms with van der Waals surface area (Å²) in [6.07, 6.45) is 1.59. The molecular weight excluding hydrogens is 320 g/mol. The smallest absolute Gasteiger partial charge is 0.175 e. The van der Waals surface area contributed by atoms with Crippen LogP contribution in [0.2, 0.25) is 0 Å². The second-order valence-corrected chi connectivity index (χ2v) is 5.09. The molecule has 0 unspecified atom stereocenters. The van der Waals surface area contributed by atoms with Crippen molar-refractivity contribution in [3.63, 3.8) is 0 Å². The predicted octanol–water partition coefficient (Wildman–Crippen LogP) is 3.89. The molecule has 0 bridgehead atoms. The van der Waals surface area contributed by atoms with Crippen molar-refractivity contribution in [1.82, 2.24) is 0 Å². The Balaban J connectivity index is 2.07. The molecule has 0 fully saturated rings. The average Bonchev–Trinajstić information content (AvgIpc) is 2.49. The van der Waals surface area contributed by atoms with Crippen molar-refractivity contribution in [2.75, 3.05) is 13.7 Å². The zero-order valence-corrected chi connectivity index (χ0v) is 12.7. The van der Waals surface area contributed by atoms with Gasteiger partial charge >= 0.3 is 0 Å². The van der Waals surface area contributed by atoms with Crippen molar-refractivity contribution >= 4 is 22.2 Å². The minimum absolute atomic E-state index is 0.541. The number of ether oxygens (including phenoxy) is 2. The summed E-state index contributed by atoms with van der Waals surface area (Å²) in [7, 11) is 1.56. The maximum atomic E-state index is 10.8. The number of hydrogen-bond acceptors (Lipinski definition) is 3. The molecule has 2 aromatic carbocycles. The van der Waals surface area contributed by atoms with Crippen molar-refractivity contribution in [3.05, 3.63) is 58.1 Å². The normalized spacial score (nSPS) is 10.1. The molecule has 0 amide bonds. The van der Waals surface area contributed by atoms with Gasteiger partial charge in [0.15, 0.2) is 11.5 Å². The molecule has 0 saturated heterocycles. The molecule has 3 nitrogen and oxygen atoms in total. The Hall–Kier alpha value is -1.81. The van der Waals surface area contributed by atoms with E-state index in [9.17, 15) is 4.79 Å². The van der Waals surface area contributed by atoms with Crippen molar-refractivity contribution in [3.8, 4) is 11.5 Å². The number of rotatable bonds is 6. The summed E-state index contributed by atoms with van der Waals surface area (Å²) in [5.41, 5.74) is 1.76. The molecule has 0 saturated carbocycles. The summed E-state index contributed by atoms with van der Waals surface area (Å²) in [6.45, 7) is 0.541. The number of carbonyl (C=O) groups is 1. The standard InChI is InChI=1S/C16H15BrO3/c1-19-15-10-13(11-18)9-14(17)16(15)20-8-7-12-5-3-2-4-6-12/h2-6,9-11H,7-8H2,1H3. The van der Waals surface area contributed by atoms with Crippen LogP contribution >= 0.6 is 15.9 Å². The molecule has 0 aliphatic carbocycles. The van der Waals surface area contributed by atoms with Gasteiger partial charge in [-0.25, -0.2) is 0 Å². The summed E-state index contributed by atoms with van der Waals surface area (Å²) in [4.78, 5) is 10.8. The first-order chi connectivity index (χ1) is 9.74. The highest BCUT2D eigenvalue weighted by molar-refractivity contribution is 9.10. The lowest BCUT2D eigenvalue weighted by atomic mass is 10.2. The third kappa shape index (κ3) is 3.61. The van der Waals surface area contributed by atoms with Crippen LogP contribution in [0.3, 0.4) is 0 Å². The van der Waals surface area contributed by atoms with Crippen LogP contribution in [0.5, 0.6) is 11.5 Å². The predicted molar refractivity (Wildman–Crippen MR) is 81.7 cm³/mol. The molecule has 0 aliphatic heterocycles. The van der Waals surface area contributed by atoms with Gasteiger partial charge in [0, 0.05) is 12.0 Å². The van der Waals surface area contributed by atoms with Crippen LogP contribution in [-0.4, -0.2) is 20.0 Å². The Labute approximate surface area is 126 Å². The monoisotopic (exact) mass is 334 g/mol. The van der Waals surface area contributed by atoms with Crippen molar-refractivity contribution in [2.24, 2.45) is 0 Å². The highest BCUT2D eigenvalue weighted by atomic mass is 79.9. The Bertz CT molecular complexity index is 582. The summed E-state index contributed by atoms with van der Waals surface area (Å²) >= 11 is 3.40. The van der Waals surface area contributed by atoms with Crippen LogP contribution < -0.4 is 9.47 Å². The first kappa shape index (κ1) is 14.6. The van der Waals surface area contributed by atoms with Gasteiger partial charge in [-0.1, -0.05) is 30.3 Å². The Morgan fingerprint density at radius 3 is 2.60 bits per heavy atom. The molecule has 0 aromatic heterocycles. The van der Waals surface area contributed by atoms with Gasteiger partial charge in [0.05, 0.1) is 18.2 Å². The second-order valence-electron chi connectivity index (χ2n) is 4.24. The zero-order chi connectivity index (χ0) is 14.4. The third-order valence-corrected chi connectivity index (χ3v) is 3.46. The Kier molecular flexibility index (Phi) is 5.18. The quantitative estimate of drug-likeness (QED) is 0.752. The number of methoxy groups -OCH3 is 1. The number of aldehydes is 1. The minimum atomic E-state index is 0.541. The topological polar surface area (TPSA) is 35.5 Å². The zero-order valence-electron chi connectivity index (χ0n) is 11.1. The van der Waals surface area contributed by atoms with Gasteiger partial charge in [-0.3, -0.25) is 4.79 Å². The molecule has 0 atom stereocenters. The fourth-order valence-electron chi connectivity index (χ4n) is 1.86. The van der Waals surface area contributed by atoms with Crippen molar-refractivity contribution in [2.45, 2.75) is 6.42 Å². The van der Waals surface area contributed by atoms with Gasteiger partial charge in [-0.15, -0.1) is 0 Å². The molecule has 20 heavy (non-hydrogen) atoms. The van der Waals surface area contributed by atoms with E-state index in [1.165, 1.54) is 5.56 Å². The van der Waals surface area contributed by atoms with E-state index in [1.807, 2.05) is 18.2 Å². The van der Waals surface area contributed by atoms with Crippen LogP contribution in [0.15, 0.2) is 46.9 Å². The Morgan fingerprint density at radius 2 is 1.95 bits per heavy atom. The molecular formula is C16H15BrO3. The Morgan fingerprint density at radius 1 is 1.20 bits per heavy atom. The SMILES string of the molecule is COc1cc(C=O)cc(Br)c1OCCc1ccccc1. The van der Waals surface area contributed by atoms with E-state index < -0.39 is 0 Å². The van der Waals surface area contributed by atoms with Gasteiger partial charge < -0.3 is 9.47 Å².